The number of amides is 1. The average molecular weight is 243 g/mol. The van der Waals surface area contributed by atoms with Crippen LogP contribution in [0.5, 0.6) is 0 Å². The van der Waals surface area contributed by atoms with E-state index >= 15 is 0 Å². The second kappa shape index (κ2) is 5.49. The van der Waals surface area contributed by atoms with Crippen LogP contribution in [-0.4, -0.2) is 17.1 Å². The molecule has 1 aromatic carbocycles. The molecule has 1 heterocycles. The maximum atomic E-state index is 11.5. The summed E-state index contributed by atoms with van der Waals surface area (Å²) in [7, 11) is 0. The zero-order valence-corrected chi connectivity index (χ0v) is 10.6. The summed E-state index contributed by atoms with van der Waals surface area (Å²) in [5, 5.41) is 5.08. The Bertz CT molecular complexity index is 571. The van der Waals surface area contributed by atoms with Crippen LogP contribution in [0.2, 0.25) is 0 Å². The molecule has 1 atom stereocenters. The monoisotopic (exact) mass is 243 g/mol. The van der Waals surface area contributed by atoms with Gasteiger partial charge in [-0.3, -0.25) is 4.79 Å². The van der Waals surface area contributed by atoms with Gasteiger partial charge in [-0.05, 0) is 12.5 Å². The Morgan fingerprint density at radius 2 is 2.28 bits per heavy atom. The van der Waals surface area contributed by atoms with Gasteiger partial charge in [0.2, 0.25) is 5.91 Å². The summed E-state index contributed by atoms with van der Waals surface area (Å²) in [6, 6.07) is 7.98. The molecule has 0 bridgehead atoms. The van der Waals surface area contributed by atoms with Crippen molar-refractivity contribution >= 4 is 23.0 Å². The van der Waals surface area contributed by atoms with E-state index in [0.717, 1.165) is 22.9 Å². The zero-order chi connectivity index (χ0) is 13.0. The molecule has 0 aliphatic carbocycles. The van der Waals surface area contributed by atoms with E-state index in [1.165, 1.54) is 0 Å². The Balaban J connectivity index is 2.08. The lowest BCUT2D eigenvalue weighted by Crippen LogP contribution is -2.24. The van der Waals surface area contributed by atoms with Gasteiger partial charge in [0, 0.05) is 28.6 Å². The maximum Gasteiger partial charge on any atom is 0.242 e. The molecule has 1 aromatic heterocycles. The first-order valence-electron chi connectivity index (χ1n) is 6.11. The molecule has 0 saturated carbocycles. The topological polar surface area (TPSA) is 57.2 Å². The highest BCUT2D eigenvalue weighted by Crippen LogP contribution is 2.15. The Kier molecular flexibility index (Phi) is 3.77. The van der Waals surface area contributed by atoms with Gasteiger partial charge >= 0.3 is 0 Å². The SMILES string of the molecule is CCC(C)C(=O)N/N=C/c1c[nH]c2ccccc12. The van der Waals surface area contributed by atoms with Crippen molar-refractivity contribution in [1.29, 1.82) is 0 Å². The van der Waals surface area contributed by atoms with Crippen molar-refractivity contribution in [2.45, 2.75) is 20.3 Å². The normalized spacial score (nSPS) is 13.0. The number of benzene rings is 1. The molecule has 0 saturated heterocycles. The second-order valence-corrected chi connectivity index (χ2v) is 4.33. The quantitative estimate of drug-likeness (QED) is 0.629. The molecular formula is C14H17N3O. The summed E-state index contributed by atoms with van der Waals surface area (Å²) in [6.45, 7) is 3.87. The molecule has 4 heteroatoms. The van der Waals surface area contributed by atoms with Crippen LogP contribution in [0.25, 0.3) is 10.9 Å². The molecular weight excluding hydrogens is 226 g/mol. The first-order chi connectivity index (χ1) is 8.72. The zero-order valence-electron chi connectivity index (χ0n) is 10.6. The number of hydrazone groups is 1. The minimum absolute atomic E-state index is 0.00915. The van der Waals surface area contributed by atoms with Crippen LogP contribution in [0.3, 0.4) is 0 Å². The Morgan fingerprint density at radius 3 is 3.06 bits per heavy atom. The highest BCUT2D eigenvalue weighted by atomic mass is 16.2. The van der Waals surface area contributed by atoms with Crippen LogP contribution >= 0.6 is 0 Å². The number of H-pyrrole nitrogens is 1. The third-order valence-corrected chi connectivity index (χ3v) is 3.06. The molecule has 1 amide bonds. The number of carbonyl (C=O) groups excluding carboxylic acids is 1. The Morgan fingerprint density at radius 1 is 1.50 bits per heavy atom. The Labute approximate surface area is 106 Å². The predicted octanol–water partition coefficient (Wildman–Crippen LogP) is 2.66. The first-order valence-corrected chi connectivity index (χ1v) is 6.11. The fraction of sp³-hybridized carbons (Fsp3) is 0.286. The highest BCUT2D eigenvalue weighted by molar-refractivity contribution is 5.99. The van der Waals surface area contributed by atoms with Crippen molar-refractivity contribution in [2.24, 2.45) is 11.0 Å². The van der Waals surface area contributed by atoms with Gasteiger partial charge in [-0.25, -0.2) is 5.43 Å². The van der Waals surface area contributed by atoms with Crippen LogP contribution in [0, 0.1) is 5.92 Å². The number of hydrogen-bond acceptors (Lipinski definition) is 2. The fourth-order valence-electron chi connectivity index (χ4n) is 1.66. The summed E-state index contributed by atoms with van der Waals surface area (Å²) in [4.78, 5) is 14.7. The number of para-hydroxylation sites is 1. The lowest BCUT2D eigenvalue weighted by molar-refractivity contribution is -0.124. The molecule has 0 spiro atoms. The van der Waals surface area contributed by atoms with Gasteiger partial charge < -0.3 is 4.98 Å². The third kappa shape index (κ3) is 2.59. The molecule has 0 radical (unpaired) electrons. The van der Waals surface area contributed by atoms with Gasteiger partial charge in [0.05, 0.1) is 6.21 Å². The van der Waals surface area contributed by atoms with Gasteiger partial charge in [-0.15, -0.1) is 0 Å². The standard InChI is InChI=1S/C14H17N3O/c1-3-10(2)14(18)17-16-9-11-8-15-13-7-5-4-6-12(11)13/h4-10,15H,3H2,1-2H3,(H,17,18)/b16-9+. The number of aromatic nitrogens is 1. The molecule has 0 aliphatic rings. The van der Waals surface area contributed by atoms with Crippen LogP contribution in [0.4, 0.5) is 0 Å². The minimum atomic E-state index is -0.0476. The van der Waals surface area contributed by atoms with Crippen LogP contribution in [0.15, 0.2) is 35.6 Å². The predicted molar refractivity (Wildman–Crippen MR) is 73.5 cm³/mol. The van der Waals surface area contributed by atoms with E-state index < -0.39 is 0 Å². The van der Waals surface area contributed by atoms with Crippen LogP contribution in [0.1, 0.15) is 25.8 Å². The summed E-state index contributed by atoms with van der Waals surface area (Å²) in [5.41, 5.74) is 4.58. The summed E-state index contributed by atoms with van der Waals surface area (Å²) < 4.78 is 0. The van der Waals surface area contributed by atoms with Crippen molar-refractivity contribution in [1.82, 2.24) is 10.4 Å². The van der Waals surface area contributed by atoms with Crippen molar-refractivity contribution in [3.63, 3.8) is 0 Å². The van der Waals surface area contributed by atoms with E-state index in [4.69, 9.17) is 0 Å². The highest BCUT2D eigenvalue weighted by Gasteiger charge is 2.08. The van der Waals surface area contributed by atoms with Gasteiger partial charge in [-0.2, -0.15) is 5.10 Å². The number of nitrogens with zero attached hydrogens (tertiary/aromatic N) is 1. The number of fused-ring (bicyclic) bond motifs is 1. The smallest absolute Gasteiger partial charge is 0.242 e. The van der Waals surface area contributed by atoms with E-state index in [0.29, 0.717) is 0 Å². The summed E-state index contributed by atoms with van der Waals surface area (Å²) >= 11 is 0. The number of aromatic amines is 1. The molecule has 94 valence electrons. The molecule has 2 N–H and O–H groups in total. The van der Waals surface area contributed by atoms with Crippen molar-refractivity contribution in [3.05, 3.63) is 36.0 Å². The number of hydrogen-bond donors (Lipinski definition) is 2. The van der Waals surface area contributed by atoms with Gasteiger partial charge in [0.1, 0.15) is 0 Å². The summed E-state index contributed by atoms with van der Waals surface area (Å²) in [6.07, 6.45) is 4.36. The molecule has 2 aromatic rings. The van der Waals surface area contributed by atoms with E-state index in [1.54, 1.807) is 6.21 Å². The van der Waals surface area contributed by atoms with Crippen LogP contribution in [-0.2, 0) is 4.79 Å². The van der Waals surface area contributed by atoms with E-state index in [1.807, 2.05) is 44.3 Å². The van der Waals surface area contributed by atoms with E-state index in [9.17, 15) is 4.79 Å². The Hall–Kier alpha value is -2.10. The first kappa shape index (κ1) is 12.4. The maximum absolute atomic E-state index is 11.5. The van der Waals surface area contributed by atoms with Crippen LogP contribution < -0.4 is 5.43 Å². The lowest BCUT2D eigenvalue weighted by Gasteiger charge is -2.04. The molecule has 0 aliphatic heterocycles. The van der Waals surface area contributed by atoms with Gasteiger partial charge in [0.15, 0.2) is 0 Å². The van der Waals surface area contributed by atoms with Crippen molar-refractivity contribution in [2.75, 3.05) is 0 Å². The van der Waals surface area contributed by atoms with Crippen molar-refractivity contribution in [3.8, 4) is 0 Å². The largest absolute Gasteiger partial charge is 0.361 e. The van der Waals surface area contributed by atoms with Gasteiger partial charge in [-0.1, -0.05) is 32.0 Å². The molecule has 1 unspecified atom stereocenters. The number of rotatable bonds is 4. The lowest BCUT2D eigenvalue weighted by atomic mass is 10.1. The fourth-order valence-corrected chi connectivity index (χ4v) is 1.66. The molecule has 0 fully saturated rings. The minimum Gasteiger partial charge on any atom is -0.361 e. The number of carbonyl (C=O) groups is 1. The summed E-state index contributed by atoms with van der Waals surface area (Å²) in [5.74, 6) is -0.0567. The third-order valence-electron chi connectivity index (χ3n) is 3.06. The average Bonchev–Trinajstić information content (AvgIpc) is 2.81. The molecule has 2 rings (SSSR count). The second-order valence-electron chi connectivity index (χ2n) is 4.33. The van der Waals surface area contributed by atoms with E-state index in [-0.39, 0.29) is 11.8 Å². The van der Waals surface area contributed by atoms with Gasteiger partial charge in [0.25, 0.3) is 0 Å². The molecule has 18 heavy (non-hydrogen) atoms. The van der Waals surface area contributed by atoms with E-state index in [2.05, 4.69) is 15.5 Å². The molecule has 4 nitrogen and oxygen atoms in total. The van der Waals surface area contributed by atoms with Crippen molar-refractivity contribution < 1.29 is 4.79 Å². The number of nitrogens with one attached hydrogen (secondary N) is 2.